The first-order valence-corrected chi connectivity index (χ1v) is 8.97. The molecule has 0 spiro atoms. The number of piperidine rings is 1. The average Bonchev–Trinajstić information content (AvgIpc) is 3.16. The fourth-order valence-electron chi connectivity index (χ4n) is 3.51. The van der Waals surface area contributed by atoms with Gasteiger partial charge in [-0.2, -0.15) is 5.10 Å². The van der Waals surface area contributed by atoms with Gasteiger partial charge in [-0.25, -0.2) is 14.6 Å². The van der Waals surface area contributed by atoms with Crippen molar-refractivity contribution in [2.75, 3.05) is 18.0 Å². The molecule has 2 aromatic heterocycles. The summed E-state index contributed by atoms with van der Waals surface area (Å²) in [7, 11) is 0. The fourth-order valence-corrected chi connectivity index (χ4v) is 4.21. The quantitative estimate of drug-likeness (QED) is 0.932. The van der Waals surface area contributed by atoms with E-state index in [9.17, 15) is 0 Å². The molecule has 2 aliphatic rings. The van der Waals surface area contributed by atoms with Crippen LogP contribution in [0.25, 0.3) is 0 Å². The van der Waals surface area contributed by atoms with Gasteiger partial charge in [0.2, 0.25) is 0 Å². The van der Waals surface area contributed by atoms with Gasteiger partial charge in [-0.05, 0) is 26.2 Å². The van der Waals surface area contributed by atoms with Crippen LogP contribution >= 0.6 is 11.3 Å². The number of nitrogens with one attached hydrogen (secondary N) is 1. The zero-order valence-corrected chi connectivity index (χ0v) is 13.7. The summed E-state index contributed by atoms with van der Waals surface area (Å²) in [6, 6.07) is 1.15. The van der Waals surface area contributed by atoms with Crippen LogP contribution in [0.4, 0.5) is 5.13 Å². The van der Waals surface area contributed by atoms with Gasteiger partial charge >= 0.3 is 0 Å². The Kier molecular flexibility index (Phi) is 3.83. The molecule has 2 aromatic rings. The molecule has 4 rings (SSSR count). The Labute approximate surface area is 134 Å². The molecule has 22 heavy (non-hydrogen) atoms. The highest BCUT2D eigenvalue weighted by Gasteiger charge is 2.26. The van der Waals surface area contributed by atoms with Crippen molar-refractivity contribution in [2.45, 2.75) is 51.2 Å². The highest BCUT2D eigenvalue weighted by atomic mass is 32.1. The Bertz CT molecular complexity index is 614. The first-order chi connectivity index (χ1) is 10.8. The van der Waals surface area contributed by atoms with Crippen LogP contribution in [-0.4, -0.2) is 44.9 Å². The number of rotatable bonds is 3. The molecule has 0 aromatic carbocycles. The third-order valence-corrected chi connectivity index (χ3v) is 5.45. The SMILES string of the molecule is Cc1nc2n(n1)C[C@@H](NC1CCN(c3nccs3)CC1)CC2. The molecule has 7 heteroatoms. The number of hydrogen-bond acceptors (Lipinski definition) is 6. The van der Waals surface area contributed by atoms with Crippen LogP contribution in [0.2, 0.25) is 0 Å². The fraction of sp³-hybridized carbons (Fsp3) is 0.667. The largest absolute Gasteiger partial charge is 0.348 e. The molecule has 4 heterocycles. The minimum Gasteiger partial charge on any atom is -0.348 e. The van der Waals surface area contributed by atoms with E-state index in [0.717, 1.165) is 37.7 Å². The molecule has 1 atom stereocenters. The Hall–Kier alpha value is -1.47. The maximum atomic E-state index is 4.49. The normalized spacial score (nSPS) is 22.8. The summed E-state index contributed by atoms with van der Waals surface area (Å²) in [5, 5.41) is 11.6. The lowest BCUT2D eigenvalue weighted by Crippen LogP contribution is -2.48. The second-order valence-electron chi connectivity index (χ2n) is 6.24. The van der Waals surface area contributed by atoms with Crippen molar-refractivity contribution in [3.05, 3.63) is 23.2 Å². The topological polar surface area (TPSA) is 58.9 Å². The predicted octanol–water partition coefficient (Wildman–Crippen LogP) is 1.62. The summed E-state index contributed by atoms with van der Waals surface area (Å²) in [5.41, 5.74) is 0. The number of aryl methyl sites for hydroxylation is 2. The van der Waals surface area contributed by atoms with E-state index < -0.39 is 0 Å². The average molecular weight is 318 g/mol. The molecule has 1 N–H and O–H groups in total. The van der Waals surface area contributed by atoms with Crippen LogP contribution in [0.5, 0.6) is 0 Å². The van der Waals surface area contributed by atoms with Crippen molar-refractivity contribution in [3.63, 3.8) is 0 Å². The van der Waals surface area contributed by atoms with Crippen molar-refractivity contribution in [1.82, 2.24) is 25.1 Å². The molecule has 0 saturated carbocycles. The van der Waals surface area contributed by atoms with Crippen LogP contribution < -0.4 is 10.2 Å². The number of aromatic nitrogens is 4. The molecule has 0 bridgehead atoms. The summed E-state index contributed by atoms with van der Waals surface area (Å²) in [4.78, 5) is 11.3. The number of fused-ring (bicyclic) bond motifs is 1. The highest BCUT2D eigenvalue weighted by molar-refractivity contribution is 7.13. The Morgan fingerprint density at radius 1 is 1.23 bits per heavy atom. The second-order valence-corrected chi connectivity index (χ2v) is 7.11. The van der Waals surface area contributed by atoms with E-state index >= 15 is 0 Å². The van der Waals surface area contributed by atoms with Crippen molar-refractivity contribution in [2.24, 2.45) is 0 Å². The number of thiazole rings is 1. The molecule has 1 fully saturated rings. The molecule has 2 aliphatic heterocycles. The third kappa shape index (κ3) is 2.87. The summed E-state index contributed by atoms with van der Waals surface area (Å²) < 4.78 is 2.08. The van der Waals surface area contributed by atoms with Crippen LogP contribution in [0.1, 0.15) is 30.9 Å². The van der Waals surface area contributed by atoms with Gasteiger partial charge in [-0.15, -0.1) is 11.3 Å². The summed E-state index contributed by atoms with van der Waals surface area (Å²) >= 11 is 1.74. The maximum absolute atomic E-state index is 4.49. The zero-order chi connectivity index (χ0) is 14.9. The summed E-state index contributed by atoms with van der Waals surface area (Å²) in [5.74, 6) is 2.04. The van der Waals surface area contributed by atoms with Gasteiger partial charge in [-0.3, -0.25) is 0 Å². The maximum Gasteiger partial charge on any atom is 0.185 e. The Morgan fingerprint density at radius 3 is 2.86 bits per heavy atom. The van der Waals surface area contributed by atoms with E-state index in [2.05, 4.69) is 35.3 Å². The minimum atomic E-state index is 0.532. The van der Waals surface area contributed by atoms with E-state index in [-0.39, 0.29) is 0 Å². The van der Waals surface area contributed by atoms with E-state index in [4.69, 9.17) is 0 Å². The van der Waals surface area contributed by atoms with Crippen LogP contribution in [-0.2, 0) is 13.0 Å². The second kappa shape index (κ2) is 5.96. The summed E-state index contributed by atoms with van der Waals surface area (Å²) in [6.07, 6.45) is 6.49. The number of anilines is 1. The van der Waals surface area contributed by atoms with Gasteiger partial charge in [0, 0.05) is 43.2 Å². The van der Waals surface area contributed by atoms with Crippen molar-refractivity contribution >= 4 is 16.5 Å². The lowest BCUT2D eigenvalue weighted by Gasteiger charge is -2.35. The van der Waals surface area contributed by atoms with E-state index in [1.54, 1.807) is 11.3 Å². The van der Waals surface area contributed by atoms with Crippen LogP contribution in [0, 0.1) is 6.92 Å². The molecular formula is C15H22N6S. The monoisotopic (exact) mass is 318 g/mol. The third-order valence-electron chi connectivity index (χ3n) is 4.62. The lowest BCUT2D eigenvalue weighted by molar-refractivity contribution is 0.299. The molecule has 118 valence electrons. The van der Waals surface area contributed by atoms with E-state index in [1.807, 2.05) is 13.1 Å². The molecule has 0 amide bonds. The van der Waals surface area contributed by atoms with Crippen molar-refractivity contribution in [3.8, 4) is 0 Å². The summed E-state index contributed by atoms with van der Waals surface area (Å²) in [6.45, 7) is 5.14. The van der Waals surface area contributed by atoms with Gasteiger partial charge in [0.25, 0.3) is 0 Å². The lowest BCUT2D eigenvalue weighted by atomic mass is 10.0. The van der Waals surface area contributed by atoms with Crippen LogP contribution in [0.3, 0.4) is 0 Å². The minimum absolute atomic E-state index is 0.532. The van der Waals surface area contributed by atoms with E-state index in [1.165, 1.54) is 24.4 Å². The van der Waals surface area contributed by atoms with Gasteiger partial charge in [-0.1, -0.05) is 0 Å². The molecular weight excluding hydrogens is 296 g/mol. The standard InChI is InChI=1S/C15H22N6S/c1-11-17-14-3-2-13(10-21(14)19-11)18-12-4-7-20(8-5-12)15-16-6-9-22-15/h6,9,12-13,18H,2-5,7-8,10H2,1H3/t13-/m0/s1. The number of hydrogen-bond donors (Lipinski definition) is 1. The zero-order valence-electron chi connectivity index (χ0n) is 12.9. The first kappa shape index (κ1) is 14.1. The first-order valence-electron chi connectivity index (χ1n) is 8.09. The Balaban J connectivity index is 1.30. The number of nitrogens with zero attached hydrogens (tertiary/aromatic N) is 5. The highest BCUT2D eigenvalue weighted by Crippen LogP contribution is 2.23. The molecule has 1 saturated heterocycles. The van der Waals surface area contributed by atoms with Gasteiger partial charge in [0.15, 0.2) is 5.13 Å². The molecule has 0 radical (unpaired) electrons. The molecule has 0 aliphatic carbocycles. The predicted molar refractivity (Wildman–Crippen MR) is 87.4 cm³/mol. The van der Waals surface area contributed by atoms with Gasteiger partial charge < -0.3 is 10.2 Å². The molecule has 6 nitrogen and oxygen atoms in total. The van der Waals surface area contributed by atoms with Gasteiger partial charge in [0.1, 0.15) is 11.6 Å². The van der Waals surface area contributed by atoms with Gasteiger partial charge in [0.05, 0.1) is 6.54 Å². The van der Waals surface area contributed by atoms with E-state index in [0.29, 0.717) is 12.1 Å². The smallest absolute Gasteiger partial charge is 0.185 e. The van der Waals surface area contributed by atoms with Crippen LogP contribution in [0.15, 0.2) is 11.6 Å². The van der Waals surface area contributed by atoms with Crippen molar-refractivity contribution in [1.29, 1.82) is 0 Å². The van der Waals surface area contributed by atoms with Crippen molar-refractivity contribution < 1.29 is 0 Å². The molecule has 0 unspecified atom stereocenters. The Morgan fingerprint density at radius 2 is 2.09 bits per heavy atom.